The maximum absolute atomic E-state index is 11.1. The van der Waals surface area contributed by atoms with Crippen LogP contribution in [0.15, 0.2) is 34.8 Å². The van der Waals surface area contributed by atoms with Crippen molar-refractivity contribution in [2.45, 2.75) is 32.6 Å². The van der Waals surface area contributed by atoms with Crippen molar-refractivity contribution >= 4 is 32.6 Å². The molecule has 2 aromatic rings. The number of halogens is 1. The molecule has 0 heterocycles. The van der Waals surface area contributed by atoms with E-state index >= 15 is 0 Å². The van der Waals surface area contributed by atoms with Crippen molar-refractivity contribution in [2.75, 3.05) is 6.54 Å². The monoisotopic (exact) mass is 345 g/mol. The number of amides is 1. The van der Waals surface area contributed by atoms with Gasteiger partial charge in [0.2, 0.25) is 5.91 Å². The lowest BCUT2D eigenvalue weighted by Crippen LogP contribution is -2.22. The fraction of sp³-hybridized carbons (Fsp3) is 0.389. The number of hydrogen-bond acceptors (Lipinski definition) is 1. The first kappa shape index (κ1) is 14.6. The molecule has 0 aromatic heterocycles. The second-order valence-corrected chi connectivity index (χ2v) is 6.92. The van der Waals surface area contributed by atoms with Crippen LogP contribution in [0.4, 0.5) is 0 Å². The van der Waals surface area contributed by atoms with Gasteiger partial charge < -0.3 is 5.32 Å². The van der Waals surface area contributed by atoms with Crippen molar-refractivity contribution in [1.29, 1.82) is 0 Å². The summed E-state index contributed by atoms with van der Waals surface area (Å²) in [5.41, 5.74) is 2.77. The third-order valence-electron chi connectivity index (χ3n) is 4.05. The normalized spacial score (nSPS) is 14.4. The van der Waals surface area contributed by atoms with Crippen molar-refractivity contribution in [1.82, 2.24) is 5.32 Å². The molecule has 0 aliphatic heterocycles. The maximum Gasteiger partial charge on any atom is 0.216 e. The predicted molar refractivity (Wildman–Crippen MR) is 90.5 cm³/mol. The molecule has 1 saturated carbocycles. The number of carbonyl (C=O) groups excluding carboxylic acids is 1. The van der Waals surface area contributed by atoms with Crippen LogP contribution >= 0.6 is 15.9 Å². The molecule has 2 nitrogen and oxygen atoms in total. The van der Waals surface area contributed by atoms with Crippen LogP contribution in [0.1, 0.15) is 30.9 Å². The number of fused-ring (bicyclic) bond motifs is 1. The molecule has 2 aromatic carbocycles. The van der Waals surface area contributed by atoms with Gasteiger partial charge >= 0.3 is 0 Å². The van der Waals surface area contributed by atoms with Crippen LogP contribution in [0.5, 0.6) is 0 Å². The first-order chi connectivity index (χ1) is 10.1. The molecule has 21 heavy (non-hydrogen) atoms. The van der Waals surface area contributed by atoms with Crippen molar-refractivity contribution in [3.8, 4) is 0 Å². The van der Waals surface area contributed by atoms with E-state index in [9.17, 15) is 4.79 Å². The molecule has 1 fully saturated rings. The molecule has 0 atom stereocenters. The lowest BCUT2D eigenvalue weighted by molar-refractivity contribution is -0.118. The molecule has 1 aliphatic carbocycles. The van der Waals surface area contributed by atoms with Crippen molar-refractivity contribution in [3.63, 3.8) is 0 Å². The summed E-state index contributed by atoms with van der Waals surface area (Å²) in [6, 6.07) is 11.1. The summed E-state index contributed by atoms with van der Waals surface area (Å²) >= 11 is 3.56. The Balaban J connectivity index is 1.91. The Morgan fingerprint density at radius 1 is 1.29 bits per heavy atom. The summed E-state index contributed by atoms with van der Waals surface area (Å²) in [6.07, 6.45) is 4.82. The van der Waals surface area contributed by atoms with Crippen LogP contribution in [-0.4, -0.2) is 12.5 Å². The zero-order valence-corrected chi connectivity index (χ0v) is 13.9. The van der Waals surface area contributed by atoms with Gasteiger partial charge in [0, 0.05) is 17.9 Å². The number of rotatable bonds is 5. The highest BCUT2D eigenvalue weighted by atomic mass is 79.9. The molecule has 0 radical (unpaired) electrons. The number of carbonyl (C=O) groups is 1. The number of benzene rings is 2. The molecular formula is C18H20BrNO. The van der Waals surface area contributed by atoms with Gasteiger partial charge in [0.25, 0.3) is 0 Å². The Labute approximate surface area is 134 Å². The van der Waals surface area contributed by atoms with E-state index < -0.39 is 0 Å². The van der Waals surface area contributed by atoms with Gasteiger partial charge in [0.15, 0.2) is 0 Å². The van der Waals surface area contributed by atoms with E-state index in [2.05, 4.69) is 51.6 Å². The average molecular weight is 346 g/mol. The summed E-state index contributed by atoms with van der Waals surface area (Å²) < 4.78 is 1.10. The third-order valence-corrected chi connectivity index (χ3v) is 4.54. The first-order valence-electron chi connectivity index (χ1n) is 7.57. The molecule has 0 spiro atoms. The molecule has 0 unspecified atom stereocenters. The molecule has 1 aliphatic rings. The second kappa shape index (κ2) is 6.18. The summed E-state index contributed by atoms with van der Waals surface area (Å²) in [4.78, 5) is 11.1. The second-order valence-electron chi connectivity index (χ2n) is 6.00. The van der Waals surface area contributed by atoms with Crippen molar-refractivity contribution in [3.05, 3.63) is 45.9 Å². The Morgan fingerprint density at radius 3 is 2.81 bits per heavy atom. The van der Waals surface area contributed by atoms with Gasteiger partial charge in [-0.15, -0.1) is 0 Å². The van der Waals surface area contributed by atoms with Gasteiger partial charge in [-0.25, -0.2) is 0 Å². The lowest BCUT2D eigenvalue weighted by Gasteiger charge is -2.11. The van der Waals surface area contributed by atoms with Crippen LogP contribution in [0.25, 0.3) is 10.8 Å². The summed E-state index contributed by atoms with van der Waals surface area (Å²) in [5.74, 6) is 0.927. The standard InChI is InChI=1S/C18H20BrNO/c1-12(21)20-7-6-16-10-14(8-13-2-3-13)9-15-4-5-17(19)11-18(15)16/h4-5,9-11,13H,2-3,6-8H2,1H3,(H,20,21). The Bertz CT molecular complexity index is 676. The molecule has 3 rings (SSSR count). The quantitative estimate of drug-likeness (QED) is 0.862. The van der Waals surface area contributed by atoms with E-state index in [0.29, 0.717) is 6.54 Å². The average Bonchev–Trinajstić information content (AvgIpc) is 3.23. The minimum atomic E-state index is 0.0367. The van der Waals surface area contributed by atoms with E-state index in [1.807, 2.05) is 0 Å². The van der Waals surface area contributed by atoms with Gasteiger partial charge in [0.05, 0.1) is 0 Å². The Hall–Kier alpha value is -1.35. The SMILES string of the molecule is CC(=O)NCCc1cc(CC2CC2)cc2ccc(Br)cc12. The van der Waals surface area contributed by atoms with Crippen molar-refractivity contribution < 1.29 is 4.79 Å². The van der Waals surface area contributed by atoms with Crippen molar-refractivity contribution in [2.24, 2.45) is 5.92 Å². The Morgan fingerprint density at radius 2 is 2.10 bits per heavy atom. The third kappa shape index (κ3) is 3.85. The highest BCUT2D eigenvalue weighted by Gasteiger charge is 2.21. The van der Waals surface area contributed by atoms with E-state index in [-0.39, 0.29) is 5.91 Å². The fourth-order valence-electron chi connectivity index (χ4n) is 2.83. The van der Waals surface area contributed by atoms with Gasteiger partial charge in [-0.2, -0.15) is 0 Å². The zero-order valence-electron chi connectivity index (χ0n) is 12.3. The van der Waals surface area contributed by atoms with Gasteiger partial charge in [0.1, 0.15) is 0 Å². The summed E-state index contributed by atoms with van der Waals surface area (Å²) in [5, 5.41) is 5.48. The van der Waals surface area contributed by atoms with Crippen LogP contribution in [0, 0.1) is 5.92 Å². The largest absolute Gasteiger partial charge is 0.356 e. The molecule has 0 saturated heterocycles. The molecule has 1 amide bonds. The first-order valence-corrected chi connectivity index (χ1v) is 8.36. The van der Waals surface area contributed by atoms with Gasteiger partial charge in [-0.3, -0.25) is 4.79 Å². The van der Waals surface area contributed by atoms with E-state index in [4.69, 9.17) is 0 Å². The van der Waals surface area contributed by atoms with Crippen LogP contribution in [0.3, 0.4) is 0 Å². The lowest BCUT2D eigenvalue weighted by atomic mass is 9.96. The minimum Gasteiger partial charge on any atom is -0.356 e. The van der Waals surface area contributed by atoms with Gasteiger partial charge in [-0.1, -0.05) is 34.1 Å². The fourth-order valence-corrected chi connectivity index (χ4v) is 3.19. The predicted octanol–water partition coefficient (Wildman–Crippen LogP) is 4.23. The molecular weight excluding hydrogens is 326 g/mol. The molecule has 0 bridgehead atoms. The minimum absolute atomic E-state index is 0.0367. The molecule has 3 heteroatoms. The molecule has 1 N–H and O–H groups in total. The topological polar surface area (TPSA) is 29.1 Å². The van der Waals surface area contributed by atoms with Gasteiger partial charge in [-0.05, 0) is 65.6 Å². The van der Waals surface area contributed by atoms with E-state index in [1.165, 1.54) is 41.2 Å². The highest BCUT2D eigenvalue weighted by Crippen LogP contribution is 2.34. The summed E-state index contributed by atoms with van der Waals surface area (Å²) in [6.45, 7) is 2.27. The maximum atomic E-state index is 11.1. The smallest absolute Gasteiger partial charge is 0.216 e. The zero-order chi connectivity index (χ0) is 14.8. The summed E-state index contributed by atoms with van der Waals surface area (Å²) in [7, 11) is 0. The number of hydrogen-bond donors (Lipinski definition) is 1. The van der Waals surface area contributed by atoms with Crippen LogP contribution in [0.2, 0.25) is 0 Å². The van der Waals surface area contributed by atoms with Crippen LogP contribution < -0.4 is 5.32 Å². The van der Waals surface area contributed by atoms with Crippen LogP contribution in [-0.2, 0) is 17.6 Å². The number of nitrogens with one attached hydrogen (secondary N) is 1. The highest BCUT2D eigenvalue weighted by molar-refractivity contribution is 9.10. The van der Waals surface area contributed by atoms with E-state index in [1.54, 1.807) is 6.92 Å². The molecule has 110 valence electrons. The Kier molecular flexibility index (Phi) is 4.29. The van der Waals surface area contributed by atoms with E-state index in [0.717, 1.165) is 16.8 Å².